The minimum Gasteiger partial charge on any atom is -0.311 e. The van der Waals surface area contributed by atoms with Gasteiger partial charge in [0.05, 0.1) is 0 Å². The van der Waals surface area contributed by atoms with Crippen LogP contribution in [0.3, 0.4) is 0 Å². The monoisotopic (exact) mass is 2010 g/mol. The lowest BCUT2D eigenvalue weighted by Gasteiger charge is -2.27. The quantitative estimate of drug-likeness (QED) is 0.0253. The Bertz CT molecular complexity index is 7020. The molecule has 18 rings (SSSR count). The van der Waals surface area contributed by atoms with Crippen LogP contribution in [0.15, 0.2) is 455 Å². The standard InChI is InChI=1S/C108H75I2N4O3P3S6/c109-125(122)119(116)107-72-42-92(43-73-107)89-36-66-104(67-37-89)112(95-48-18-80(19-49-95)77-12-6-2-7-13-77)98-54-24-83(25-55-98)86-30-60-101(61-31-86)114(100-58-28-85(29-59-100)82-22-52-97(53-23-82)111(94-46-16-79(17-47-94)76-10-4-1-5-11-76)103-64-34-88(35-65-103)91-40-70-106(71-41-91)118(115)124-121)102-62-32-87(33-63-102)84-26-56-99(57-27-84)113(96-50-20-81(21-51-96)78-14-8-3-9-15-78)105-68-38-90(39-69-105)93-44-74-108(75-45-93)120(117)126(110)123/h1-75H/q-2. The molecule has 18 heteroatoms. The van der Waals surface area contributed by atoms with Crippen molar-refractivity contribution in [2.45, 2.75) is 0 Å². The second-order valence-corrected chi connectivity index (χ2v) is 57.5. The highest BCUT2D eigenvalue weighted by molar-refractivity contribution is 14.2. The van der Waals surface area contributed by atoms with Gasteiger partial charge in [-0.1, -0.05) is 273 Å². The molecule has 126 heavy (non-hydrogen) atoms. The summed E-state index contributed by atoms with van der Waals surface area (Å²) in [5.74, 6) is -1.29. The van der Waals surface area contributed by atoms with Crippen LogP contribution < -0.4 is 35.5 Å². The van der Waals surface area contributed by atoms with E-state index < -0.39 is 31.3 Å². The van der Waals surface area contributed by atoms with Crippen LogP contribution in [0.5, 0.6) is 0 Å². The zero-order valence-corrected chi connectivity index (χ0v) is 79.3. The Morgan fingerprint density at radius 2 is 0.302 bits per heavy atom. The average Bonchev–Trinajstić information content (AvgIpc) is 0.793. The zero-order chi connectivity index (χ0) is 86.0. The zero-order valence-electron chi connectivity index (χ0n) is 67.4. The molecule has 0 aliphatic carbocycles. The Kier molecular flexibility index (Phi) is 26.8. The molecule has 0 amide bonds. The highest BCUT2D eigenvalue weighted by Gasteiger charge is 2.21. The van der Waals surface area contributed by atoms with E-state index in [-0.39, 0.29) is 0 Å². The van der Waals surface area contributed by atoms with Crippen LogP contribution in [0.1, 0.15) is 0 Å². The third-order valence-corrected chi connectivity index (χ3v) is 39.2. The smallest absolute Gasteiger partial charge is 0.197 e. The Morgan fingerprint density at radius 1 is 0.183 bits per heavy atom. The van der Waals surface area contributed by atoms with Crippen molar-refractivity contribution in [1.29, 1.82) is 0 Å². The Balaban J connectivity index is 0.661. The fourth-order valence-corrected chi connectivity index (χ4v) is 26.2. The van der Waals surface area contributed by atoms with Crippen LogP contribution in [0.25, 0.3) is 100 Å². The van der Waals surface area contributed by atoms with Gasteiger partial charge < -0.3 is 28.7 Å². The first kappa shape index (κ1) is 85.3. The van der Waals surface area contributed by atoms with E-state index >= 15 is 0 Å². The first-order valence-electron chi connectivity index (χ1n) is 40.6. The molecule has 18 aromatic carbocycles. The van der Waals surface area contributed by atoms with Gasteiger partial charge in [-0.25, -0.2) is 42.4 Å². The molecule has 3 atom stereocenters. The molecule has 3 unspecified atom stereocenters. The van der Waals surface area contributed by atoms with E-state index in [2.05, 4.69) is 426 Å². The summed E-state index contributed by atoms with van der Waals surface area (Å²) in [6.45, 7) is -4.94. The molecule has 0 radical (unpaired) electrons. The molecule has 0 fully saturated rings. The second-order valence-electron chi connectivity index (χ2n) is 29.9. The number of benzene rings is 18. The fraction of sp³-hybridized carbons (Fsp3) is 0. The van der Waals surface area contributed by atoms with Crippen molar-refractivity contribution in [2.75, 3.05) is 19.6 Å². The van der Waals surface area contributed by atoms with Gasteiger partial charge in [0.1, 0.15) is 0 Å². The van der Waals surface area contributed by atoms with Gasteiger partial charge in [-0.05, 0) is 303 Å². The van der Waals surface area contributed by atoms with E-state index in [1.807, 2.05) is 91.0 Å². The summed E-state index contributed by atoms with van der Waals surface area (Å²) in [6, 6.07) is 160. The van der Waals surface area contributed by atoms with Crippen LogP contribution in [0.2, 0.25) is 0 Å². The van der Waals surface area contributed by atoms with Crippen molar-refractivity contribution in [3.8, 4) is 100 Å². The maximum atomic E-state index is 12.9. The van der Waals surface area contributed by atoms with Gasteiger partial charge in [0.15, 0.2) is 6.58 Å². The van der Waals surface area contributed by atoms with Gasteiger partial charge >= 0.3 is 0 Å². The summed E-state index contributed by atoms with van der Waals surface area (Å²) in [4.78, 5) is 9.22. The molecule has 18 aromatic rings. The van der Waals surface area contributed by atoms with E-state index in [9.17, 15) is 13.7 Å². The summed E-state index contributed by atoms with van der Waals surface area (Å²) < 4.78 is 38.3. The normalized spacial score (nSPS) is 12.0. The van der Waals surface area contributed by atoms with Gasteiger partial charge in [-0.15, -0.1) is 0 Å². The Morgan fingerprint density at radius 3 is 0.429 bits per heavy atom. The summed E-state index contributed by atoms with van der Waals surface area (Å²) >= 11 is 20.0. The SMILES string of the molecule is O=P(=S=S)c1ccc(-c2ccc(N(c3ccc(-c4ccccc4)cc3)c3ccc(-c4ccc(N(c5ccc(-c6ccc(N(c7ccc(-c8ccccc8)cc7)c7ccc(-c8ccc(P(=O)=[S-](=S)I)cc8)cc7)cc6)cc5)c5ccc(-c6ccc(N(c7ccc(-c8ccccc8)cc7)c7ccc(-c8ccc(P(=O)=[S-](=S)I)cc8)cc7)cc6)cc5)cc4)cc3)cc2)cc1. The Labute approximate surface area is 781 Å². The van der Waals surface area contributed by atoms with Crippen LogP contribution in [-0.2, 0) is 68.4 Å². The largest absolute Gasteiger partial charge is 0.311 e. The fourth-order valence-electron chi connectivity index (χ4n) is 15.9. The van der Waals surface area contributed by atoms with Gasteiger partial charge in [-0.3, -0.25) is 38.5 Å². The summed E-state index contributed by atoms with van der Waals surface area (Å²) in [7, 11) is 0.954. The Hall–Kier alpha value is -11.5. The molecule has 0 aromatic heterocycles. The summed E-state index contributed by atoms with van der Waals surface area (Å²) in [5, 5.41) is 2.28. The van der Waals surface area contributed by atoms with Crippen molar-refractivity contribution in [3.05, 3.63) is 455 Å². The van der Waals surface area contributed by atoms with Gasteiger partial charge in [0.25, 0.3) is 0 Å². The van der Waals surface area contributed by atoms with E-state index in [1.165, 1.54) is 0 Å². The minimum atomic E-state index is -1.67. The van der Waals surface area contributed by atoms with Crippen molar-refractivity contribution >= 4 is 201 Å². The first-order chi connectivity index (χ1) is 61.8. The van der Waals surface area contributed by atoms with Gasteiger partial charge in [0, 0.05) is 97.3 Å². The molecular weight excluding hydrogens is 1940 g/mol. The van der Waals surface area contributed by atoms with Crippen molar-refractivity contribution in [1.82, 2.24) is 0 Å². The summed E-state index contributed by atoms with van der Waals surface area (Å²) in [5.41, 5.74) is 31.8. The lowest BCUT2D eigenvalue weighted by Crippen LogP contribution is -2.10. The third-order valence-electron chi connectivity index (χ3n) is 22.4. The molecule has 0 saturated heterocycles. The number of hydrogen-bond donors (Lipinski definition) is 0. The molecule has 0 aliphatic rings. The molecule has 612 valence electrons. The van der Waals surface area contributed by atoms with Crippen molar-refractivity contribution in [3.63, 3.8) is 0 Å². The van der Waals surface area contributed by atoms with Crippen molar-refractivity contribution in [2.24, 2.45) is 0 Å². The van der Waals surface area contributed by atoms with E-state index in [4.69, 9.17) is 33.6 Å². The van der Waals surface area contributed by atoms with Crippen LogP contribution in [-0.4, -0.2) is 0 Å². The van der Waals surface area contributed by atoms with E-state index in [0.29, 0.717) is 0 Å². The van der Waals surface area contributed by atoms with Gasteiger partial charge in [-0.2, -0.15) is 0 Å². The van der Waals surface area contributed by atoms with Crippen LogP contribution >= 0.6 is 62.1 Å². The lowest BCUT2D eigenvalue weighted by atomic mass is 10.0. The topological polar surface area (TPSA) is 64.2 Å². The average molecular weight is 2020 g/mol. The molecule has 0 aliphatic heterocycles. The molecular formula is C108H75I2N4O3P3S6-2. The highest BCUT2D eigenvalue weighted by Crippen LogP contribution is 2.45. The third kappa shape index (κ3) is 19.4. The highest BCUT2D eigenvalue weighted by atomic mass is 127. The van der Waals surface area contributed by atoms with E-state index in [1.54, 1.807) is 0 Å². The maximum Gasteiger partial charge on any atom is 0.197 e. The molecule has 0 heterocycles. The predicted molar refractivity (Wildman–Crippen MR) is 568 cm³/mol. The number of halogens is 2. The number of anilines is 12. The summed E-state index contributed by atoms with van der Waals surface area (Å²) in [6.07, 6.45) is 0. The van der Waals surface area contributed by atoms with Crippen molar-refractivity contribution < 1.29 is 13.7 Å². The van der Waals surface area contributed by atoms with Crippen LogP contribution in [0, 0.1) is 0 Å². The second kappa shape index (κ2) is 39.6. The lowest BCUT2D eigenvalue weighted by molar-refractivity contribution is 0.601. The molecule has 7 nitrogen and oxygen atoms in total. The van der Waals surface area contributed by atoms with Gasteiger partial charge in [0.2, 0.25) is 0 Å². The minimum absolute atomic E-state index is 0.646. The number of hydrogen-bond acceptors (Lipinski definition) is 12. The number of rotatable bonds is 24. The van der Waals surface area contributed by atoms with Crippen LogP contribution in [0.4, 0.5) is 68.2 Å². The molecule has 0 N–H and O–H groups in total. The first-order valence-corrected chi connectivity index (χ1v) is 57.3. The molecule has 0 bridgehead atoms. The number of nitrogens with zero attached hydrogens (tertiary/aromatic N) is 4. The maximum absolute atomic E-state index is 12.9. The predicted octanol–water partition coefficient (Wildman–Crippen LogP) is 32.1. The molecule has 0 spiro atoms. The van der Waals surface area contributed by atoms with E-state index in [0.717, 1.165) is 194 Å². The molecule has 0 saturated carbocycles.